The Morgan fingerprint density at radius 3 is 2.44 bits per heavy atom. The van der Waals surface area contributed by atoms with Crippen molar-refractivity contribution in [3.63, 3.8) is 0 Å². The summed E-state index contributed by atoms with van der Waals surface area (Å²) in [5, 5.41) is 26.1. The van der Waals surface area contributed by atoms with Crippen molar-refractivity contribution >= 4 is 38.9 Å². The molecule has 1 spiro atoms. The van der Waals surface area contributed by atoms with Crippen molar-refractivity contribution in [3.8, 4) is 17.4 Å². The summed E-state index contributed by atoms with van der Waals surface area (Å²) in [6, 6.07) is 20.1. The largest absolute Gasteiger partial charge is 0.629 e. The van der Waals surface area contributed by atoms with Gasteiger partial charge in [0.05, 0.1) is 37.2 Å². The summed E-state index contributed by atoms with van der Waals surface area (Å²) >= 11 is 0. The fraction of sp³-hybridized carbons (Fsp3) is 0.492. The summed E-state index contributed by atoms with van der Waals surface area (Å²) in [6.45, 7) is 12.0. The van der Waals surface area contributed by atoms with E-state index >= 15 is 4.39 Å². The van der Waals surface area contributed by atoms with E-state index in [9.17, 15) is 32.3 Å². The molecule has 422 valence electrons. The van der Waals surface area contributed by atoms with E-state index in [2.05, 4.69) is 77.8 Å². The summed E-state index contributed by atoms with van der Waals surface area (Å²) in [4.78, 5) is 34.0. The van der Waals surface area contributed by atoms with Crippen molar-refractivity contribution in [1.82, 2.24) is 29.5 Å². The number of nitrogens with zero attached hydrogens (tertiary/aromatic N) is 6. The van der Waals surface area contributed by atoms with Gasteiger partial charge in [0.15, 0.2) is 17.3 Å². The lowest BCUT2D eigenvalue weighted by Gasteiger charge is -2.58. The number of piperidine rings is 1. The Kier molecular flexibility index (Phi) is 15.9. The Bertz CT molecular complexity index is 3200. The van der Waals surface area contributed by atoms with E-state index in [4.69, 9.17) is 9.47 Å². The topological polar surface area (TPSA) is 190 Å². The molecule has 10 rings (SSSR count). The van der Waals surface area contributed by atoms with E-state index in [0.717, 1.165) is 82.5 Å². The molecule has 2 aliphatic heterocycles. The average Bonchev–Trinajstić information content (AvgIpc) is 3.97. The monoisotopic (exact) mass is 1110 g/mol. The number of anilines is 2. The molecule has 2 saturated heterocycles. The Labute approximate surface area is 461 Å². The van der Waals surface area contributed by atoms with Crippen molar-refractivity contribution in [2.24, 2.45) is 11.3 Å². The molecule has 16 nitrogen and oxygen atoms in total. The Balaban J connectivity index is 0.853. The lowest BCUT2D eigenvalue weighted by Crippen LogP contribution is -2.98. The van der Waals surface area contributed by atoms with Gasteiger partial charge in [-0.25, -0.2) is 27.5 Å². The number of sulfonamides is 1. The molecule has 20 heteroatoms. The number of aromatic nitrogens is 3. The number of halogens is 3. The SMILES string of the molecule is COc1nc2c(cc1Oc1cc(N3CCC4(CC3)CC(N3CCN(Cc5ccnc(C(C)(F)F)c5)C[C@H]3c3ccccc3C(C)C)C4)ccc1C(=O)NS(=O)(=O)c1cnc(NCC3CCC(C)(O)CC3)c([NH+](C)[O-])c1)C(F)=CC2. The van der Waals surface area contributed by atoms with Crippen LogP contribution in [0.5, 0.6) is 17.4 Å². The number of nitrogens with one attached hydrogen (secondary N) is 3. The van der Waals surface area contributed by atoms with Crippen molar-refractivity contribution < 1.29 is 46.0 Å². The zero-order chi connectivity index (χ0) is 56.0. The maximum Gasteiger partial charge on any atom is 0.286 e. The van der Waals surface area contributed by atoms with Gasteiger partial charge in [-0.3, -0.25) is 19.6 Å². The van der Waals surface area contributed by atoms with Gasteiger partial charge in [-0.05, 0) is 129 Å². The van der Waals surface area contributed by atoms with Crippen molar-refractivity contribution in [3.05, 3.63) is 130 Å². The predicted octanol–water partition coefficient (Wildman–Crippen LogP) is 9.20. The second kappa shape index (κ2) is 22.4. The van der Waals surface area contributed by atoms with E-state index in [1.165, 1.54) is 61.8 Å². The van der Waals surface area contributed by atoms with Crippen molar-refractivity contribution in [2.45, 2.75) is 126 Å². The van der Waals surface area contributed by atoms with Crippen LogP contribution in [-0.2, 0) is 28.9 Å². The first-order chi connectivity index (χ1) is 37.6. The number of methoxy groups -OCH3 is 1. The molecule has 5 aromatic rings. The number of hydrogen-bond donors (Lipinski definition) is 4. The summed E-state index contributed by atoms with van der Waals surface area (Å²) in [7, 11) is -1.89. The number of aliphatic hydroxyl groups is 1. The maximum absolute atomic E-state index is 15.0. The molecular weight excluding hydrogens is 1040 g/mol. The second-order valence-electron chi connectivity index (χ2n) is 23.2. The molecule has 1 amide bonds. The maximum atomic E-state index is 15.0. The molecule has 2 aromatic carbocycles. The predicted molar refractivity (Wildman–Crippen MR) is 296 cm³/mol. The van der Waals surface area contributed by atoms with Crippen LogP contribution in [0.25, 0.3) is 5.83 Å². The lowest BCUT2D eigenvalue weighted by molar-refractivity contribution is -0.751. The minimum absolute atomic E-state index is 0.0116. The van der Waals surface area contributed by atoms with Gasteiger partial charge in [-0.15, -0.1) is 0 Å². The fourth-order valence-electron chi connectivity index (χ4n) is 12.4. The number of carbonyl (C=O) groups excluding carboxylic acids is 1. The Morgan fingerprint density at radius 1 is 0.987 bits per heavy atom. The molecular formula is C59H72F3N9O7S. The highest BCUT2D eigenvalue weighted by molar-refractivity contribution is 7.90. The molecule has 79 heavy (non-hydrogen) atoms. The smallest absolute Gasteiger partial charge is 0.286 e. The number of rotatable bonds is 17. The molecule has 3 aromatic heterocycles. The van der Waals surface area contributed by atoms with Crippen LogP contribution in [0.15, 0.2) is 90.1 Å². The number of benzene rings is 2. The van der Waals surface area contributed by atoms with E-state index in [1.807, 2.05) is 13.0 Å². The average molecular weight is 1110 g/mol. The van der Waals surface area contributed by atoms with Crippen molar-refractivity contribution in [1.29, 1.82) is 0 Å². The Morgan fingerprint density at radius 2 is 1.73 bits per heavy atom. The van der Waals surface area contributed by atoms with Crippen LogP contribution in [0, 0.1) is 16.5 Å². The molecule has 0 radical (unpaired) electrons. The summed E-state index contributed by atoms with van der Waals surface area (Å²) in [5.74, 6) is -3.67. The highest BCUT2D eigenvalue weighted by Gasteiger charge is 2.50. The van der Waals surface area contributed by atoms with Gasteiger partial charge in [0.2, 0.25) is 0 Å². The molecule has 5 heterocycles. The minimum Gasteiger partial charge on any atom is -0.629 e. The van der Waals surface area contributed by atoms with Crippen LogP contribution >= 0.6 is 0 Å². The van der Waals surface area contributed by atoms with Crippen molar-refractivity contribution in [2.75, 3.05) is 63.6 Å². The van der Waals surface area contributed by atoms with E-state index in [1.54, 1.807) is 12.1 Å². The van der Waals surface area contributed by atoms with Crippen LogP contribution in [0.4, 0.5) is 30.4 Å². The molecule has 5 aliphatic rings. The summed E-state index contributed by atoms with van der Waals surface area (Å²) < 4.78 is 85.8. The summed E-state index contributed by atoms with van der Waals surface area (Å²) in [5.41, 5.74) is 3.97. The van der Waals surface area contributed by atoms with E-state index in [-0.39, 0.29) is 69.5 Å². The van der Waals surface area contributed by atoms with Crippen LogP contribution in [0.1, 0.15) is 135 Å². The molecule has 2 saturated carbocycles. The standard InChI is InChI=1S/C59H72F3N9O7S/c1-37(2)43-9-7-8-10-44(43)50-36-69(35-39-17-22-63-53(27-39)58(4,61)62)25-26-71(50)41-31-59(32-41)20-23-70(24-21-59)40-11-12-45(51(28-40)78-52-30-46-47(60)13-14-48(46)66-56(52)77-6)55(72)67-79(75,76)42-29-49(68(5)74)54(65-34-42)64-33-38-15-18-57(3,73)19-16-38/h7-13,17,22,27-30,34,37-38,41,50,68,73H,14-16,18-21,23-26,31-33,35-36H2,1-6H3,(H,64,65)(H,67,72)/t38?,50-,57?/m0/s1. The zero-order valence-electron chi connectivity index (χ0n) is 45.8. The number of ether oxygens (including phenoxy) is 2. The number of quaternary nitrogens is 1. The molecule has 3 aliphatic carbocycles. The third-order valence-corrected chi connectivity index (χ3v) is 18.4. The number of fused-ring (bicyclic) bond motifs is 1. The second-order valence-corrected chi connectivity index (χ2v) is 24.8. The summed E-state index contributed by atoms with van der Waals surface area (Å²) in [6.07, 6.45) is 11.0. The first-order valence-corrected chi connectivity index (χ1v) is 29.0. The van der Waals surface area contributed by atoms with Gasteiger partial charge < -0.3 is 35.1 Å². The third kappa shape index (κ3) is 12.3. The fourth-order valence-corrected chi connectivity index (χ4v) is 13.4. The highest BCUT2D eigenvalue weighted by Crippen LogP contribution is 2.54. The molecule has 4 N–H and O–H groups in total. The molecule has 0 bridgehead atoms. The van der Waals surface area contributed by atoms with Gasteiger partial charge in [0.25, 0.3) is 27.7 Å². The minimum atomic E-state index is -4.61. The Hall–Kier alpha value is -6.16. The third-order valence-electron chi connectivity index (χ3n) is 17.1. The van der Waals surface area contributed by atoms with Gasteiger partial charge in [0.1, 0.15) is 22.2 Å². The van der Waals surface area contributed by atoms with Crippen LogP contribution in [0.3, 0.4) is 0 Å². The number of hydroxylamine groups is 1. The number of pyridine rings is 3. The number of allylic oxidation sites excluding steroid dienone is 1. The highest BCUT2D eigenvalue weighted by atomic mass is 32.2. The molecule has 4 fully saturated rings. The number of hydrogen-bond acceptors (Lipinski definition) is 14. The van der Waals surface area contributed by atoms with Gasteiger partial charge in [-0.2, -0.15) is 8.78 Å². The van der Waals surface area contributed by atoms with Gasteiger partial charge >= 0.3 is 0 Å². The van der Waals surface area contributed by atoms with Gasteiger partial charge in [-0.1, -0.05) is 38.1 Å². The molecule has 2 atom stereocenters. The molecule has 1 unspecified atom stereocenters. The van der Waals surface area contributed by atoms with Crippen LogP contribution in [0.2, 0.25) is 0 Å². The van der Waals surface area contributed by atoms with Crippen LogP contribution in [-0.4, -0.2) is 109 Å². The lowest BCUT2D eigenvalue weighted by atomic mass is 9.59. The number of amides is 1. The number of carbonyl (C=O) groups is 1. The van der Waals surface area contributed by atoms with E-state index < -0.39 is 43.2 Å². The normalized spacial score (nSPS) is 22.3. The number of piperazine rings is 1. The first-order valence-electron chi connectivity index (χ1n) is 27.5. The van der Waals surface area contributed by atoms with Gasteiger partial charge in [0, 0.05) is 101 Å². The number of alkyl halides is 2. The quantitative estimate of drug-likeness (QED) is 0.0645. The van der Waals surface area contributed by atoms with E-state index in [0.29, 0.717) is 56.7 Å². The zero-order valence-corrected chi connectivity index (χ0v) is 46.6. The first kappa shape index (κ1) is 56.1. The van der Waals surface area contributed by atoms with Crippen LogP contribution < -0.4 is 29.5 Å².